The Morgan fingerprint density at radius 1 is 1.29 bits per heavy atom. The number of hydrogen-bond donors (Lipinski definition) is 0. The summed E-state index contributed by atoms with van der Waals surface area (Å²) in [6, 6.07) is 4.96. The van der Waals surface area contributed by atoms with Gasteiger partial charge in [0.05, 0.1) is 11.8 Å². The highest BCUT2D eigenvalue weighted by atomic mass is 16.7. The average molecular weight is 293 g/mol. The van der Waals surface area contributed by atoms with Crippen molar-refractivity contribution < 1.29 is 24.0 Å². The summed E-state index contributed by atoms with van der Waals surface area (Å²) in [5.41, 5.74) is 0.456. The van der Waals surface area contributed by atoms with Crippen molar-refractivity contribution in [2.45, 2.75) is 19.8 Å². The Morgan fingerprint density at radius 3 is 2.52 bits per heavy atom. The molecule has 0 radical (unpaired) electrons. The molecule has 112 valence electrons. The summed E-state index contributed by atoms with van der Waals surface area (Å²) in [7, 11) is 0. The van der Waals surface area contributed by atoms with Crippen LogP contribution >= 0.6 is 0 Å². The first kappa shape index (κ1) is 15.0. The fraction of sp³-hybridized carbons (Fsp3) is 0.429. The lowest BCUT2D eigenvalue weighted by Gasteiger charge is -2.21. The minimum absolute atomic E-state index is 0.0162. The van der Waals surface area contributed by atoms with Crippen LogP contribution in [0.5, 0.6) is 11.5 Å². The Hall–Kier alpha value is -2.44. The van der Waals surface area contributed by atoms with Crippen molar-refractivity contribution in [1.29, 1.82) is 0 Å². The summed E-state index contributed by atoms with van der Waals surface area (Å²) < 4.78 is 10.6. The predicted molar refractivity (Wildman–Crippen MR) is 72.0 cm³/mol. The summed E-state index contributed by atoms with van der Waals surface area (Å²) in [6.45, 7) is 2.02. The third kappa shape index (κ3) is 3.01. The molecular weight excluding hydrogens is 278 g/mol. The van der Waals surface area contributed by atoms with Crippen molar-refractivity contribution in [3.05, 3.63) is 33.9 Å². The van der Waals surface area contributed by atoms with E-state index >= 15 is 0 Å². The van der Waals surface area contributed by atoms with Gasteiger partial charge in [0.25, 0.3) is 0 Å². The van der Waals surface area contributed by atoms with Crippen molar-refractivity contribution >= 4 is 11.6 Å². The molecule has 1 aliphatic rings. The smallest absolute Gasteiger partial charge is 0.231 e. The number of carbonyl (C=O) groups is 2. The summed E-state index contributed by atoms with van der Waals surface area (Å²) in [5, 5.41) is 10.9. The summed E-state index contributed by atoms with van der Waals surface area (Å²) >= 11 is 0. The first-order valence-electron chi connectivity index (χ1n) is 6.43. The van der Waals surface area contributed by atoms with E-state index in [-0.39, 0.29) is 6.79 Å². The highest BCUT2D eigenvalue weighted by Crippen LogP contribution is 2.41. The zero-order chi connectivity index (χ0) is 15.6. The van der Waals surface area contributed by atoms with Crippen LogP contribution in [-0.2, 0) is 9.59 Å². The molecular formula is C14H15NO6. The summed E-state index contributed by atoms with van der Waals surface area (Å²) in [4.78, 5) is 33.9. The molecule has 7 heteroatoms. The van der Waals surface area contributed by atoms with Crippen LogP contribution in [0, 0.1) is 16.0 Å². The van der Waals surface area contributed by atoms with Gasteiger partial charge in [0.15, 0.2) is 11.5 Å². The maximum absolute atomic E-state index is 11.8. The van der Waals surface area contributed by atoms with Gasteiger partial charge in [-0.2, -0.15) is 0 Å². The zero-order valence-corrected chi connectivity index (χ0v) is 11.7. The van der Waals surface area contributed by atoms with E-state index in [0.29, 0.717) is 17.1 Å². The second kappa shape index (κ2) is 5.90. The van der Waals surface area contributed by atoms with Crippen LogP contribution in [0.2, 0.25) is 0 Å². The van der Waals surface area contributed by atoms with Gasteiger partial charge in [-0.25, -0.2) is 0 Å². The lowest BCUT2D eigenvalue weighted by atomic mass is 9.81. The number of fused-ring (bicyclic) bond motifs is 1. The molecule has 7 nitrogen and oxygen atoms in total. The molecule has 1 atom stereocenters. The number of carbonyl (C=O) groups excluding carboxylic acids is 2. The number of nitro groups is 1. The van der Waals surface area contributed by atoms with Crippen LogP contribution in [-0.4, -0.2) is 29.8 Å². The van der Waals surface area contributed by atoms with Gasteiger partial charge in [-0.1, -0.05) is 12.1 Å². The molecule has 2 rings (SSSR count). The van der Waals surface area contributed by atoms with Gasteiger partial charge in [0, 0.05) is 10.5 Å². The van der Waals surface area contributed by atoms with Gasteiger partial charge >= 0.3 is 0 Å². The fourth-order valence-electron chi connectivity index (χ4n) is 2.64. The van der Waals surface area contributed by atoms with Crippen molar-refractivity contribution in [1.82, 2.24) is 0 Å². The fourth-order valence-corrected chi connectivity index (χ4v) is 2.64. The molecule has 0 saturated heterocycles. The Morgan fingerprint density at radius 2 is 1.95 bits per heavy atom. The normalized spacial score (nSPS) is 14.0. The van der Waals surface area contributed by atoms with Crippen molar-refractivity contribution in [2.75, 3.05) is 13.3 Å². The third-order valence-electron chi connectivity index (χ3n) is 3.45. The molecule has 21 heavy (non-hydrogen) atoms. The topological polar surface area (TPSA) is 95.7 Å². The van der Waals surface area contributed by atoms with E-state index in [1.807, 2.05) is 0 Å². The number of ketones is 2. The van der Waals surface area contributed by atoms with Crippen LogP contribution in [0.3, 0.4) is 0 Å². The molecule has 0 fully saturated rings. The molecule has 0 spiro atoms. The van der Waals surface area contributed by atoms with Crippen molar-refractivity contribution in [3.63, 3.8) is 0 Å². The van der Waals surface area contributed by atoms with E-state index in [4.69, 9.17) is 9.47 Å². The molecule has 0 saturated carbocycles. The average Bonchev–Trinajstić information content (AvgIpc) is 2.84. The van der Waals surface area contributed by atoms with E-state index in [0.717, 1.165) is 0 Å². The minimum Gasteiger partial charge on any atom is -0.454 e. The number of rotatable bonds is 6. The third-order valence-corrected chi connectivity index (χ3v) is 3.45. The van der Waals surface area contributed by atoms with E-state index in [1.165, 1.54) is 13.8 Å². The number of benzene rings is 1. The van der Waals surface area contributed by atoms with Crippen LogP contribution < -0.4 is 9.47 Å². The Labute approximate surface area is 121 Å². The Kier molecular flexibility index (Phi) is 4.21. The van der Waals surface area contributed by atoms with Crippen LogP contribution in [0.15, 0.2) is 18.2 Å². The SMILES string of the molecule is CC(=O)C(C(C)=O)[C@@H](C[N+](=O)[O-])c1cccc2c1OCO2. The van der Waals surface area contributed by atoms with Crippen LogP contribution in [0.1, 0.15) is 25.3 Å². The molecule has 0 bridgehead atoms. The van der Waals surface area contributed by atoms with E-state index in [9.17, 15) is 19.7 Å². The maximum Gasteiger partial charge on any atom is 0.231 e. The number of para-hydroxylation sites is 1. The molecule has 0 N–H and O–H groups in total. The van der Waals surface area contributed by atoms with Gasteiger partial charge in [-0.15, -0.1) is 0 Å². The monoisotopic (exact) mass is 293 g/mol. The molecule has 1 aliphatic heterocycles. The molecule has 1 aromatic rings. The molecule has 1 heterocycles. The molecule has 0 aromatic heterocycles. The first-order chi connectivity index (χ1) is 9.91. The maximum atomic E-state index is 11.8. The van der Waals surface area contributed by atoms with E-state index < -0.39 is 34.9 Å². The van der Waals surface area contributed by atoms with Crippen molar-refractivity contribution in [3.8, 4) is 11.5 Å². The highest BCUT2D eigenvalue weighted by molar-refractivity contribution is 6.01. The molecule has 1 aromatic carbocycles. The lowest BCUT2D eigenvalue weighted by molar-refractivity contribution is -0.484. The second-order valence-electron chi connectivity index (χ2n) is 4.90. The molecule has 0 aliphatic carbocycles. The summed E-state index contributed by atoms with van der Waals surface area (Å²) in [6.07, 6.45) is 0. The Bertz CT molecular complexity index is 583. The predicted octanol–water partition coefficient (Wildman–Crippen LogP) is 1.57. The van der Waals surface area contributed by atoms with Gasteiger partial charge in [-0.3, -0.25) is 19.7 Å². The standard InChI is InChI=1S/C14H15NO6/c1-8(16)13(9(2)17)11(6-15(18)19)10-4-3-5-12-14(10)21-7-20-12/h3-5,11,13H,6-7H2,1-2H3/t11-/m0/s1. The number of ether oxygens (including phenoxy) is 2. The minimum atomic E-state index is -1.06. The largest absolute Gasteiger partial charge is 0.454 e. The lowest BCUT2D eigenvalue weighted by Crippen LogP contribution is -2.31. The van der Waals surface area contributed by atoms with Crippen LogP contribution in [0.25, 0.3) is 0 Å². The van der Waals surface area contributed by atoms with Gasteiger partial charge in [0.1, 0.15) is 11.6 Å². The van der Waals surface area contributed by atoms with Gasteiger partial charge in [-0.05, 0) is 19.9 Å². The number of nitrogens with zero attached hydrogens (tertiary/aromatic N) is 1. The summed E-state index contributed by atoms with van der Waals surface area (Å²) in [5.74, 6) is -1.89. The van der Waals surface area contributed by atoms with E-state index in [2.05, 4.69) is 0 Å². The Balaban J connectivity index is 2.50. The quantitative estimate of drug-likeness (QED) is 0.449. The van der Waals surface area contributed by atoms with E-state index in [1.54, 1.807) is 18.2 Å². The second-order valence-corrected chi connectivity index (χ2v) is 4.90. The molecule has 0 unspecified atom stereocenters. The number of hydrogen-bond acceptors (Lipinski definition) is 6. The van der Waals surface area contributed by atoms with Gasteiger partial charge in [0.2, 0.25) is 13.3 Å². The van der Waals surface area contributed by atoms with Crippen molar-refractivity contribution in [2.24, 2.45) is 5.92 Å². The number of Topliss-reactive ketones (excluding diaryl/α,β-unsaturated/α-hetero) is 2. The van der Waals surface area contributed by atoms with Crippen LogP contribution in [0.4, 0.5) is 0 Å². The molecule has 0 amide bonds. The highest BCUT2D eigenvalue weighted by Gasteiger charge is 2.37. The van der Waals surface area contributed by atoms with Gasteiger partial charge < -0.3 is 9.47 Å². The first-order valence-corrected chi connectivity index (χ1v) is 6.43. The zero-order valence-electron chi connectivity index (χ0n) is 11.7.